The number of hydrogen-bond donors (Lipinski definition) is 0. The Labute approximate surface area is 67.7 Å². The second-order valence-corrected chi connectivity index (χ2v) is 2.96. The van der Waals surface area contributed by atoms with Crippen molar-refractivity contribution in [3.8, 4) is 0 Å². The van der Waals surface area contributed by atoms with Gasteiger partial charge in [0.25, 0.3) is 0 Å². The minimum atomic E-state index is -0.191. The van der Waals surface area contributed by atoms with Gasteiger partial charge in [-0.2, -0.15) is 0 Å². The summed E-state index contributed by atoms with van der Waals surface area (Å²) in [6.45, 7) is 0.695. The number of carbonyl (C=O) groups is 1. The molecule has 4 heteroatoms. The Balaban J connectivity index is 3.38. The maximum absolute atomic E-state index is 10.9. The van der Waals surface area contributed by atoms with E-state index >= 15 is 0 Å². The zero-order valence-electron chi connectivity index (χ0n) is 7.63. The predicted molar refractivity (Wildman–Crippen MR) is 43.2 cm³/mol. The van der Waals surface area contributed by atoms with Crippen LogP contribution in [0.25, 0.3) is 0 Å². The first kappa shape index (κ1) is 10.4. The molecule has 0 saturated heterocycles. The van der Waals surface area contributed by atoms with Crippen LogP contribution in [0.15, 0.2) is 0 Å². The molecule has 0 aliphatic carbocycles. The maximum atomic E-state index is 10.9. The molecule has 0 aromatic rings. The van der Waals surface area contributed by atoms with Crippen molar-refractivity contribution in [2.24, 2.45) is 0 Å². The van der Waals surface area contributed by atoms with Gasteiger partial charge >= 0.3 is 5.97 Å². The van der Waals surface area contributed by atoms with Crippen molar-refractivity contribution in [1.82, 2.24) is 9.80 Å². The van der Waals surface area contributed by atoms with Gasteiger partial charge in [-0.1, -0.05) is 0 Å². The fourth-order valence-electron chi connectivity index (χ4n) is 0.505. The summed E-state index contributed by atoms with van der Waals surface area (Å²) >= 11 is 0. The average Bonchev–Trinajstić information content (AvgIpc) is 1.82. The predicted octanol–water partition coefficient (Wildman–Crippen LogP) is -0.390. The molecule has 0 spiro atoms. The lowest BCUT2D eigenvalue weighted by Crippen LogP contribution is -2.27. The SMILES string of the molecule is CN(C)COC(=O)CN(C)C. The molecule has 0 radical (unpaired) electrons. The van der Waals surface area contributed by atoms with E-state index in [1.807, 2.05) is 28.2 Å². The van der Waals surface area contributed by atoms with Gasteiger partial charge in [-0.05, 0) is 28.2 Å². The van der Waals surface area contributed by atoms with Crippen molar-refractivity contribution in [3.05, 3.63) is 0 Å². The summed E-state index contributed by atoms with van der Waals surface area (Å²) in [6, 6.07) is 0. The highest BCUT2D eigenvalue weighted by atomic mass is 16.5. The molecule has 66 valence electrons. The third kappa shape index (κ3) is 7.29. The summed E-state index contributed by atoms with van der Waals surface area (Å²) in [5, 5.41) is 0. The van der Waals surface area contributed by atoms with Crippen LogP contribution in [0.4, 0.5) is 0 Å². The van der Waals surface area contributed by atoms with E-state index in [-0.39, 0.29) is 5.97 Å². The largest absolute Gasteiger partial charge is 0.449 e. The number of nitrogens with zero attached hydrogens (tertiary/aromatic N) is 2. The molecule has 0 fully saturated rings. The highest BCUT2D eigenvalue weighted by Crippen LogP contribution is 1.83. The van der Waals surface area contributed by atoms with Crippen LogP contribution in [0.3, 0.4) is 0 Å². The fourth-order valence-corrected chi connectivity index (χ4v) is 0.505. The molecule has 0 amide bonds. The highest BCUT2D eigenvalue weighted by molar-refractivity contribution is 5.71. The molecule has 0 atom stereocenters. The highest BCUT2D eigenvalue weighted by Gasteiger charge is 2.03. The average molecular weight is 160 g/mol. The molecule has 0 N–H and O–H groups in total. The lowest BCUT2D eigenvalue weighted by molar-refractivity contribution is -0.148. The summed E-state index contributed by atoms with van der Waals surface area (Å²) < 4.78 is 4.86. The van der Waals surface area contributed by atoms with Gasteiger partial charge in [0.1, 0.15) is 6.73 Å². The first-order valence-corrected chi connectivity index (χ1v) is 3.47. The van der Waals surface area contributed by atoms with E-state index in [0.717, 1.165) is 0 Å². The summed E-state index contributed by atoms with van der Waals surface area (Å²) in [6.07, 6.45) is 0. The Bertz CT molecular complexity index is 124. The van der Waals surface area contributed by atoms with E-state index in [0.29, 0.717) is 13.3 Å². The molecule has 0 heterocycles. The van der Waals surface area contributed by atoms with E-state index in [1.54, 1.807) is 9.80 Å². The van der Waals surface area contributed by atoms with Crippen molar-refractivity contribution >= 4 is 5.97 Å². The summed E-state index contributed by atoms with van der Waals surface area (Å²) in [7, 11) is 7.36. The van der Waals surface area contributed by atoms with Crippen molar-refractivity contribution in [1.29, 1.82) is 0 Å². The van der Waals surface area contributed by atoms with Gasteiger partial charge in [-0.3, -0.25) is 14.6 Å². The molecule has 0 bridgehead atoms. The van der Waals surface area contributed by atoms with Crippen LogP contribution in [-0.4, -0.2) is 57.2 Å². The van der Waals surface area contributed by atoms with Gasteiger partial charge in [0.05, 0.1) is 6.54 Å². The lowest BCUT2D eigenvalue weighted by Gasteiger charge is -2.12. The zero-order valence-corrected chi connectivity index (χ0v) is 7.63. The van der Waals surface area contributed by atoms with Gasteiger partial charge < -0.3 is 4.74 Å². The Hall–Kier alpha value is -0.610. The van der Waals surface area contributed by atoms with Gasteiger partial charge in [0.15, 0.2) is 0 Å². The second-order valence-electron chi connectivity index (χ2n) is 2.96. The standard InChI is InChI=1S/C7H16N2O2/c1-8(2)5-7(10)11-6-9(3)4/h5-6H2,1-4H3. The van der Waals surface area contributed by atoms with E-state index in [9.17, 15) is 4.79 Å². The van der Waals surface area contributed by atoms with Crippen LogP contribution < -0.4 is 0 Å². The summed E-state index contributed by atoms with van der Waals surface area (Å²) in [4.78, 5) is 14.4. The fraction of sp³-hybridized carbons (Fsp3) is 0.857. The number of ether oxygens (including phenoxy) is 1. The summed E-state index contributed by atoms with van der Waals surface area (Å²) in [5.74, 6) is -0.191. The smallest absolute Gasteiger partial charge is 0.321 e. The van der Waals surface area contributed by atoms with Crippen LogP contribution in [0.2, 0.25) is 0 Å². The van der Waals surface area contributed by atoms with Gasteiger partial charge in [0.2, 0.25) is 0 Å². The van der Waals surface area contributed by atoms with Crippen molar-refractivity contribution in [2.45, 2.75) is 0 Å². The van der Waals surface area contributed by atoms with Crippen LogP contribution in [0, 0.1) is 0 Å². The Morgan fingerprint density at radius 3 is 2.09 bits per heavy atom. The van der Waals surface area contributed by atoms with Crippen molar-refractivity contribution in [2.75, 3.05) is 41.5 Å². The lowest BCUT2D eigenvalue weighted by atomic mass is 10.6. The first-order chi connectivity index (χ1) is 5.02. The zero-order chi connectivity index (χ0) is 8.85. The molecule has 0 rings (SSSR count). The van der Waals surface area contributed by atoms with E-state index in [4.69, 9.17) is 4.74 Å². The second kappa shape index (κ2) is 5.09. The van der Waals surface area contributed by atoms with Crippen molar-refractivity contribution < 1.29 is 9.53 Å². The Kier molecular flexibility index (Phi) is 4.81. The molecule has 0 unspecified atom stereocenters. The van der Waals surface area contributed by atoms with Gasteiger partial charge in [-0.15, -0.1) is 0 Å². The Morgan fingerprint density at radius 1 is 1.18 bits per heavy atom. The molecule has 0 aliphatic heterocycles. The van der Waals surface area contributed by atoms with Crippen molar-refractivity contribution in [3.63, 3.8) is 0 Å². The van der Waals surface area contributed by atoms with Crippen LogP contribution >= 0.6 is 0 Å². The van der Waals surface area contributed by atoms with E-state index < -0.39 is 0 Å². The quantitative estimate of drug-likeness (QED) is 0.414. The molecular formula is C7H16N2O2. The normalized spacial score (nSPS) is 10.7. The summed E-state index contributed by atoms with van der Waals surface area (Å²) in [5.41, 5.74) is 0. The Morgan fingerprint density at radius 2 is 1.73 bits per heavy atom. The molecule has 0 saturated carbocycles. The third-order valence-electron chi connectivity index (χ3n) is 0.929. The molecule has 0 aromatic carbocycles. The number of esters is 1. The van der Waals surface area contributed by atoms with Gasteiger partial charge in [-0.25, -0.2) is 0 Å². The van der Waals surface area contributed by atoms with Crippen LogP contribution in [0.5, 0.6) is 0 Å². The monoisotopic (exact) mass is 160 g/mol. The molecule has 11 heavy (non-hydrogen) atoms. The third-order valence-corrected chi connectivity index (χ3v) is 0.929. The number of rotatable bonds is 4. The number of likely N-dealkylation sites (N-methyl/N-ethyl adjacent to an activating group) is 1. The topological polar surface area (TPSA) is 32.8 Å². The number of hydrogen-bond acceptors (Lipinski definition) is 4. The minimum absolute atomic E-state index is 0.191. The number of carbonyl (C=O) groups excluding carboxylic acids is 1. The van der Waals surface area contributed by atoms with E-state index in [2.05, 4.69) is 0 Å². The minimum Gasteiger partial charge on any atom is -0.449 e. The molecule has 0 aromatic heterocycles. The molecule has 0 aliphatic rings. The maximum Gasteiger partial charge on any atom is 0.321 e. The molecular weight excluding hydrogens is 144 g/mol. The van der Waals surface area contributed by atoms with Crippen LogP contribution in [-0.2, 0) is 9.53 Å². The van der Waals surface area contributed by atoms with Gasteiger partial charge in [0, 0.05) is 0 Å². The van der Waals surface area contributed by atoms with E-state index in [1.165, 1.54) is 0 Å². The molecule has 4 nitrogen and oxygen atoms in total. The van der Waals surface area contributed by atoms with Crippen LogP contribution in [0.1, 0.15) is 0 Å². The first-order valence-electron chi connectivity index (χ1n) is 3.47.